The standard InChI is InChI=1S/C68H53BN2O2S2/c1-41-35-58-65-59(36-41)71(56-31-24-47(68(2,3)4)40-53(56)43-13-6-5-7-14-43)66-54(29-32-60-67(66)73-34-12-33-72-60)69(65)55-37-44(46-22-28-52-50-16-9-11-18-62(50)75-64(52)39-46)23-30-57(55)70(58)48-25-19-42(20-26-48)45-21-27-51-49-15-8-10-17-61(49)74-63(51)38-45/h5-11,13-32,35-40,53,56H,12,33-34H2,1-4H3. The molecule has 0 saturated carbocycles. The van der Waals surface area contributed by atoms with Crippen molar-refractivity contribution in [2.45, 2.75) is 46.1 Å². The van der Waals surface area contributed by atoms with E-state index in [4.69, 9.17) is 9.47 Å². The average molecular weight is 1010 g/mol. The predicted molar refractivity (Wildman–Crippen MR) is 321 cm³/mol. The Hall–Kier alpha value is -7.84. The number of thiophene rings is 2. The van der Waals surface area contributed by atoms with Gasteiger partial charge >= 0.3 is 0 Å². The molecule has 4 nitrogen and oxygen atoms in total. The molecule has 5 heterocycles. The van der Waals surface area contributed by atoms with Crippen LogP contribution in [0.4, 0.5) is 28.4 Å². The van der Waals surface area contributed by atoms with Gasteiger partial charge in [-0.2, -0.15) is 0 Å². The summed E-state index contributed by atoms with van der Waals surface area (Å²) in [6, 6.07) is 68.5. The number of anilines is 5. The molecule has 0 fully saturated rings. The molecule has 15 rings (SSSR count). The van der Waals surface area contributed by atoms with Gasteiger partial charge in [-0.05, 0) is 128 Å². The Morgan fingerprint density at radius 2 is 1.16 bits per heavy atom. The number of hydrogen-bond donors (Lipinski definition) is 0. The topological polar surface area (TPSA) is 24.9 Å². The largest absolute Gasteiger partial charge is 0.489 e. The highest BCUT2D eigenvalue weighted by Crippen LogP contribution is 2.51. The smallest absolute Gasteiger partial charge is 0.252 e. The molecule has 2 atom stereocenters. The van der Waals surface area contributed by atoms with Gasteiger partial charge in [0.05, 0.1) is 24.9 Å². The Balaban J connectivity index is 0.956. The fourth-order valence-corrected chi connectivity index (χ4v) is 14.9. The first-order valence-corrected chi connectivity index (χ1v) is 28.0. The second kappa shape index (κ2) is 17.1. The predicted octanol–water partition coefficient (Wildman–Crippen LogP) is 16.7. The van der Waals surface area contributed by atoms with Crippen molar-refractivity contribution in [3.63, 3.8) is 0 Å². The Bertz CT molecular complexity index is 4200. The van der Waals surface area contributed by atoms with Gasteiger partial charge in [-0.15, -0.1) is 22.7 Å². The van der Waals surface area contributed by atoms with Crippen LogP contribution >= 0.6 is 22.7 Å². The first kappa shape index (κ1) is 44.6. The van der Waals surface area contributed by atoms with Crippen LogP contribution in [0.3, 0.4) is 0 Å². The first-order valence-electron chi connectivity index (χ1n) is 26.4. The van der Waals surface area contributed by atoms with Crippen molar-refractivity contribution in [1.82, 2.24) is 0 Å². The summed E-state index contributed by atoms with van der Waals surface area (Å²) in [5.41, 5.74) is 18.3. The molecule has 11 aromatic rings. The lowest BCUT2D eigenvalue weighted by molar-refractivity contribution is 0.297. The fraction of sp³-hybridized carbons (Fsp3) is 0.147. The highest BCUT2D eigenvalue weighted by molar-refractivity contribution is 7.26. The number of hydrogen-bond acceptors (Lipinski definition) is 6. The monoisotopic (exact) mass is 1000 g/mol. The molecule has 2 unspecified atom stereocenters. The van der Waals surface area contributed by atoms with E-state index in [2.05, 4.69) is 238 Å². The molecule has 75 heavy (non-hydrogen) atoms. The second-order valence-electron chi connectivity index (χ2n) is 21.8. The van der Waals surface area contributed by atoms with Crippen LogP contribution in [0, 0.1) is 12.3 Å². The van der Waals surface area contributed by atoms with E-state index in [1.165, 1.54) is 113 Å². The molecule has 2 aromatic heterocycles. The van der Waals surface area contributed by atoms with Crippen LogP contribution in [0.15, 0.2) is 206 Å². The van der Waals surface area contributed by atoms with Crippen LogP contribution in [0.1, 0.15) is 44.2 Å². The zero-order valence-electron chi connectivity index (χ0n) is 42.4. The molecular formula is C68H53BN2O2S2. The lowest BCUT2D eigenvalue weighted by atomic mass is 9.33. The molecule has 0 radical (unpaired) electrons. The summed E-state index contributed by atoms with van der Waals surface area (Å²) in [5.74, 6) is 1.70. The summed E-state index contributed by atoms with van der Waals surface area (Å²) < 4.78 is 18.8. The van der Waals surface area contributed by atoms with Gasteiger partial charge in [0.25, 0.3) is 6.71 Å². The van der Waals surface area contributed by atoms with E-state index in [1.54, 1.807) is 0 Å². The molecule has 0 spiro atoms. The summed E-state index contributed by atoms with van der Waals surface area (Å²) in [5, 5.41) is 5.27. The van der Waals surface area contributed by atoms with Crippen molar-refractivity contribution in [2.75, 3.05) is 23.0 Å². The second-order valence-corrected chi connectivity index (χ2v) is 24.0. The molecule has 0 amide bonds. The van der Waals surface area contributed by atoms with Crippen LogP contribution in [0.5, 0.6) is 11.5 Å². The molecule has 0 saturated heterocycles. The Morgan fingerprint density at radius 1 is 0.547 bits per heavy atom. The molecule has 4 aliphatic rings. The summed E-state index contributed by atoms with van der Waals surface area (Å²) >= 11 is 3.75. The van der Waals surface area contributed by atoms with Gasteiger partial charge in [0.15, 0.2) is 11.5 Å². The quantitative estimate of drug-likeness (QED) is 0.160. The van der Waals surface area contributed by atoms with Gasteiger partial charge in [0.1, 0.15) is 0 Å². The van der Waals surface area contributed by atoms with Gasteiger partial charge in [-0.3, -0.25) is 0 Å². The SMILES string of the molecule is Cc1cc2c3c(c1)N(C1C=CC(C(C)(C)C)=CC1c1ccccc1)c1c(ccc4c1OCCCO4)B3c1cc(-c3ccc4c(c3)sc3ccccc34)ccc1N2c1ccc(-c2ccc3c(c2)sc2ccccc23)cc1. The zero-order valence-corrected chi connectivity index (χ0v) is 44.1. The molecule has 3 aliphatic heterocycles. The number of fused-ring (bicyclic) bond motifs is 12. The molecule has 0 N–H and O–H groups in total. The lowest BCUT2D eigenvalue weighted by Crippen LogP contribution is -2.63. The Labute approximate surface area is 446 Å². The van der Waals surface area contributed by atoms with Crippen molar-refractivity contribution >= 4 is 115 Å². The minimum absolute atomic E-state index is 0.0275. The molecule has 9 aromatic carbocycles. The summed E-state index contributed by atoms with van der Waals surface area (Å²) in [4.78, 5) is 5.19. The number of nitrogens with zero attached hydrogens (tertiary/aromatic N) is 2. The third-order valence-electron chi connectivity index (χ3n) is 16.2. The number of benzene rings is 9. The van der Waals surface area contributed by atoms with Crippen LogP contribution in [0.2, 0.25) is 0 Å². The van der Waals surface area contributed by atoms with Gasteiger partial charge < -0.3 is 19.3 Å². The third kappa shape index (κ3) is 7.15. The first-order chi connectivity index (χ1) is 36.7. The number of rotatable bonds is 5. The third-order valence-corrected chi connectivity index (χ3v) is 18.5. The van der Waals surface area contributed by atoms with Gasteiger partial charge in [0.2, 0.25) is 0 Å². The van der Waals surface area contributed by atoms with Crippen molar-refractivity contribution in [1.29, 1.82) is 0 Å². The highest BCUT2D eigenvalue weighted by atomic mass is 32.1. The van der Waals surface area contributed by atoms with E-state index in [0.717, 1.165) is 29.3 Å². The summed E-state index contributed by atoms with van der Waals surface area (Å²) in [6.45, 7) is 10.3. The van der Waals surface area contributed by atoms with Crippen molar-refractivity contribution in [3.8, 4) is 33.8 Å². The van der Waals surface area contributed by atoms with Gasteiger partial charge in [-0.1, -0.05) is 160 Å². The van der Waals surface area contributed by atoms with Crippen LogP contribution in [0.25, 0.3) is 62.6 Å². The van der Waals surface area contributed by atoms with E-state index in [0.29, 0.717) is 13.2 Å². The van der Waals surface area contributed by atoms with Gasteiger partial charge in [-0.25, -0.2) is 0 Å². The minimum Gasteiger partial charge on any atom is -0.489 e. The van der Waals surface area contributed by atoms with Crippen LogP contribution < -0.4 is 35.7 Å². The highest BCUT2D eigenvalue weighted by Gasteiger charge is 2.47. The number of allylic oxidation sites excluding steroid dienone is 2. The fourth-order valence-electron chi connectivity index (χ4n) is 12.6. The molecule has 362 valence electrons. The maximum Gasteiger partial charge on any atom is 0.252 e. The van der Waals surface area contributed by atoms with Gasteiger partial charge in [0, 0.05) is 75.4 Å². The maximum absolute atomic E-state index is 6.98. The normalized spacial score (nSPS) is 16.8. The number of aryl methyl sites for hydroxylation is 1. The van der Waals surface area contributed by atoms with Crippen molar-refractivity contribution in [2.24, 2.45) is 5.41 Å². The van der Waals surface area contributed by atoms with E-state index in [-0.39, 0.29) is 24.1 Å². The lowest BCUT2D eigenvalue weighted by Gasteiger charge is -2.48. The maximum atomic E-state index is 6.98. The Kier molecular flexibility index (Phi) is 10.2. The van der Waals surface area contributed by atoms with E-state index >= 15 is 0 Å². The zero-order chi connectivity index (χ0) is 50.1. The summed E-state index contributed by atoms with van der Waals surface area (Å²) in [7, 11) is 0. The number of ether oxygens (including phenoxy) is 2. The van der Waals surface area contributed by atoms with E-state index in [9.17, 15) is 0 Å². The molecule has 0 bridgehead atoms. The average Bonchev–Trinajstić information content (AvgIpc) is 3.90. The van der Waals surface area contributed by atoms with E-state index in [1.807, 2.05) is 22.7 Å². The van der Waals surface area contributed by atoms with Crippen LogP contribution in [-0.4, -0.2) is 26.0 Å². The molecule has 1 aliphatic carbocycles. The van der Waals surface area contributed by atoms with Crippen LogP contribution in [-0.2, 0) is 0 Å². The Morgan fingerprint density at radius 3 is 1.88 bits per heavy atom. The molecular weight excluding hydrogens is 952 g/mol. The molecule has 7 heteroatoms. The van der Waals surface area contributed by atoms with Crippen molar-refractivity contribution < 1.29 is 9.47 Å². The summed E-state index contributed by atoms with van der Waals surface area (Å²) in [6.07, 6.45) is 8.22. The van der Waals surface area contributed by atoms with E-state index < -0.39 is 0 Å². The van der Waals surface area contributed by atoms with Crippen molar-refractivity contribution in [3.05, 3.63) is 217 Å². The minimum atomic E-state index is -0.103.